The summed E-state index contributed by atoms with van der Waals surface area (Å²) in [5.74, 6) is 0.0854. The lowest BCUT2D eigenvalue weighted by molar-refractivity contribution is -0.0377. The Morgan fingerprint density at radius 3 is 2.17 bits per heavy atom. The van der Waals surface area contributed by atoms with Crippen molar-refractivity contribution in [3.8, 4) is 0 Å². The number of hydrogen-bond donors (Lipinski definition) is 1. The third kappa shape index (κ3) is 9.53. The first-order valence-corrected chi connectivity index (χ1v) is 12.4. The molecule has 17 heteroatoms. The van der Waals surface area contributed by atoms with Gasteiger partial charge in [0, 0.05) is 12.0 Å². The summed E-state index contributed by atoms with van der Waals surface area (Å²) in [6.45, 7) is 3.72. The van der Waals surface area contributed by atoms with Gasteiger partial charge in [0.05, 0.1) is 24.5 Å². The van der Waals surface area contributed by atoms with Crippen molar-refractivity contribution in [2.75, 3.05) is 32.3 Å². The van der Waals surface area contributed by atoms with E-state index in [-0.39, 0.29) is 12.4 Å². The Bertz CT molecular complexity index is 1020. The molecule has 1 unspecified atom stereocenters. The number of ether oxygens (including phenoxy) is 5. The number of fused-ring (bicyclic) bond motifs is 1. The molecule has 0 bridgehead atoms. The fourth-order valence-electron chi connectivity index (χ4n) is 2.50. The van der Waals surface area contributed by atoms with Crippen molar-refractivity contribution < 1.29 is 51.3 Å². The minimum atomic E-state index is -4.23. The van der Waals surface area contributed by atoms with Crippen molar-refractivity contribution in [3.63, 3.8) is 0 Å². The molecule has 2 N–H and O–H groups in total. The highest BCUT2D eigenvalue weighted by Gasteiger charge is 2.30. The molecular formula is C19H29FN5O10P. The van der Waals surface area contributed by atoms with Crippen LogP contribution >= 0.6 is 7.60 Å². The van der Waals surface area contributed by atoms with Gasteiger partial charge in [-0.1, -0.05) is 0 Å². The Hall–Kier alpha value is -3.07. The van der Waals surface area contributed by atoms with Crippen LogP contribution in [0.1, 0.15) is 33.3 Å². The van der Waals surface area contributed by atoms with E-state index < -0.39 is 64.8 Å². The molecule has 0 fully saturated rings. The average molecular weight is 537 g/mol. The van der Waals surface area contributed by atoms with Gasteiger partial charge < -0.3 is 29.4 Å². The number of alkyl halides is 1. The topological polar surface area (TPSA) is 185 Å². The van der Waals surface area contributed by atoms with Crippen molar-refractivity contribution in [1.82, 2.24) is 19.6 Å². The molecular weight excluding hydrogens is 508 g/mol. The van der Waals surface area contributed by atoms with Gasteiger partial charge in [0.1, 0.15) is 19.3 Å². The molecule has 15 nitrogen and oxygen atoms in total. The molecule has 0 saturated heterocycles. The summed E-state index contributed by atoms with van der Waals surface area (Å²) >= 11 is 0. The van der Waals surface area contributed by atoms with E-state index in [1.807, 2.05) is 0 Å². The molecule has 2 rings (SSSR count). The van der Waals surface area contributed by atoms with Gasteiger partial charge in [0.25, 0.3) is 0 Å². The Kier molecular flexibility index (Phi) is 11.2. The minimum Gasteiger partial charge on any atom is -0.432 e. The minimum absolute atomic E-state index is 0.0229. The lowest BCUT2D eigenvalue weighted by Crippen LogP contribution is -2.21. The molecule has 0 radical (unpaired) electrons. The number of halogens is 1. The number of nitrogen functional groups attached to an aromatic ring is 1. The van der Waals surface area contributed by atoms with Gasteiger partial charge >= 0.3 is 19.9 Å². The zero-order chi connectivity index (χ0) is 26.7. The van der Waals surface area contributed by atoms with Gasteiger partial charge in [-0.2, -0.15) is 9.61 Å². The lowest BCUT2D eigenvalue weighted by atomic mass is 10.1. The number of nitrogens with zero attached hydrogens (tertiary/aromatic N) is 4. The molecule has 2 aromatic rings. The number of carbonyl (C=O) groups excluding carboxylic acids is 2. The SMILES string of the molecule is CC(C)OC(=O)OCOP(=O)(COC(CF)Cc1cnn2c(N)ncnc12)OCOC(=O)OC(C)C. The normalized spacial score (nSPS) is 12.6. The highest BCUT2D eigenvalue weighted by Crippen LogP contribution is 2.48. The summed E-state index contributed by atoms with van der Waals surface area (Å²) in [5.41, 5.74) is 6.55. The van der Waals surface area contributed by atoms with Gasteiger partial charge in [-0.05, 0) is 27.7 Å². The molecule has 0 spiro atoms. The zero-order valence-corrected chi connectivity index (χ0v) is 21.1. The van der Waals surface area contributed by atoms with E-state index in [1.54, 1.807) is 27.7 Å². The highest BCUT2D eigenvalue weighted by molar-refractivity contribution is 7.53. The maximum Gasteiger partial charge on any atom is 0.510 e. The Labute approximate surface area is 205 Å². The van der Waals surface area contributed by atoms with E-state index in [0.717, 1.165) is 0 Å². The van der Waals surface area contributed by atoms with Crippen LogP contribution in [-0.2, 0) is 43.7 Å². The number of anilines is 1. The predicted molar refractivity (Wildman–Crippen MR) is 120 cm³/mol. The van der Waals surface area contributed by atoms with Crippen LogP contribution in [0.2, 0.25) is 0 Å². The van der Waals surface area contributed by atoms with Crippen molar-refractivity contribution in [3.05, 3.63) is 18.1 Å². The third-order valence-corrected chi connectivity index (χ3v) is 5.47. The highest BCUT2D eigenvalue weighted by atomic mass is 31.2. The second kappa shape index (κ2) is 13.9. The van der Waals surface area contributed by atoms with E-state index in [2.05, 4.69) is 24.5 Å². The monoisotopic (exact) mass is 537 g/mol. The molecule has 0 aliphatic carbocycles. The summed E-state index contributed by atoms with van der Waals surface area (Å²) < 4.78 is 62.4. The number of rotatable bonds is 14. The summed E-state index contributed by atoms with van der Waals surface area (Å²) in [5, 5.41) is 4.03. The fourth-order valence-corrected chi connectivity index (χ4v) is 3.54. The summed E-state index contributed by atoms with van der Waals surface area (Å²) in [7, 11) is -4.23. The summed E-state index contributed by atoms with van der Waals surface area (Å²) in [6, 6.07) is 0. The lowest BCUT2D eigenvalue weighted by Gasteiger charge is -2.21. The number of nitrogens with two attached hydrogens (primary N) is 1. The van der Waals surface area contributed by atoms with Crippen LogP contribution in [0.25, 0.3) is 5.65 Å². The van der Waals surface area contributed by atoms with Crippen LogP contribution in [0.15, 0.2) is 12.5 Å². The first kappa shape index (κ1) is 29.2. The van der Waals surface area contributed by atoms with Crippen LogP contribution in [0, 0.1) is 0 Å². The summed E-state index contributed by atoms with van der Waals surface area (Å²) in [6.07, 6.45) is -2.35. The van der Waals surface area contributed by atoms with E-state index in [1.165, 1.54) is 17.0 Å². The number of hydrogen-bond acceptors (Lipinski definition) is 14. The molecule has 1 atom stereocenters. The van der Waals surface area contributed by atoms with Crippen LogP contribution in [-0.4, -0.2) is 76.8 Å². The van der Waals surface area contributed by atoms with E-state index >= 15 is 0 Å². The van der Waals surface area contributed by atoms with Crippen LogP contribution in [0.4, 0.5) is 19.9 Å². The quantitative estimate of drug-likeness (QED) is 0.211. The van der Waals surface area contributed by atoms with Crippen LogP contribution in [0.5, 0.6) is 0 Å². The van der Waals surface area contributed by atoms with E-state index in [0.29, 0.717) is 11.2 Å². The van der Waals surface area contributed by atoms with Gasteiger partial charge in [0.15, 0.2) is 5.65 Å². The predicted octanol–water partition coefficient (Wildman–Crippen LogP) is 2.83. The van der Waals surface area contributed by atoms with Crippen LogP contribution < -0.4 is 5.73 Å². The van der Waals surface area contributed by atoms with Crippen molar-refractivity contribution in [2.45, 2.75) is 52.4 Å². The first-order valence-electron chi connectivity index (χ1n) is 10.7. The Morgan fingerprint density at radius 2 is 1.64 bits per heavy atom. The maximum atomic E-state index is 13.7. The maximum absolute atomic E-state index is 13.7. The van der Waals surface area contributed by atoms with Crippen molar-refractivity contribution in [2.24, 2.45) is 0 Å². The van der Waals surface area contributed by atoms with Gasteiger partial charge in [0.2, 0.25) is 19.5 Å². The molecule has 202 valence electrons. The van der Waals surface area contributed by atoms with E-state index in [4.69, 9.17) is 29.0 Å². The van der Waals surface area contributed by atoms with Gasteiger partial charge in [-0.3, -0.25) is 13.6 Å². The fraction of sp³-hybridized carbons (Fsp3) is 0.632. The van der Waals surface area contributed by atoms with Crippen molar-refractivity contribution in [1.29, 1.82) is 0 Å². The van der Waals surface area contributed by atoms with Gasteiger partial charge in [-0.15, -0.1) is 0 Å². The molecule has 2 aromatic heterocycles. The molecule has 0 aliphatic rings. The largest absolute Gasteiger partial charge is 0.510 e. The first-order chi connectivity index (χ1) is 17.0. The second-order valence-corrected chi connectivity index (χ2v) is 9.64. The molecule has 0 aromatic carbocycles. The number of aromatic nitrogens is 4. The Morgan fingerprint density at radius 1 is 1.06 bits per heavy atom. The second-order valence-electron chi connectivity index (χ2n) is 7.64. The van der Waals surface area contributed by atoms with E-state index in [9.17, 15) is 18.5 Å². The Balaban J connectivity index is 2.01. The van der Waals surface area contributed by atoms with Crippen LogP contribution in [0.3, 0.4) is 0 Å². The van der Waals surface area contributed by atoms with Gasteiger partial charge in [-0.25, -0.2) is 23.9 Å². The molecule has 2 heterocycles. The third-order valence-electron chi connectivity index (χ3n) is 4.01. The summed E-state index contributed by atoms with van der Waals surface area (Å²) in [4.78, 5) is 30.9. The standard InChI is InChI=1S/C19H29FN5O10P/c1-12(2)34-18(26)29-9-32-36(28,33-10-30-19(27)35-13(3)4)11-31-15(6-20)5-14-7-24-25-16(14)22-8-23-17(25)21/h7-8,12-13,15H,5-6,9-11H2,1-4H3,(H2,21,22,23). The molecule has 0 amide bonds. The molecule has 0 saturated carbocycles. The smallest absolute Gasteiger partial charge is 0.432 e. The zero-order valence-electron chi connectivity index (χ0n) is 20.2. The van der Waals surface area contributed by atoms with Crippen molar-refractivity contribution >= 4 is 31.5 Å². The molecule has 0 aliphatic heterocycles. The number of carbonyl (C=O) groups is 2. The average Bonchev–Trinajstić information content (AvgIpc) is 3.19. The molecule has 36 heavy (non-hydrogen) atoms.